The monoisotopic (exact) mass is 321 g/mol. The lowest BCUT2D eigenvalue weighted by Gasteiger charge is -2.35. The minimum absolute atomic E-state index is 0.337. The molecular formula is C20H23N3O. The Morgan fingerprint density at radius 2 is 2.12 bits per heavy atom. The summed E-state index contributed by atoms with van der Waals surface area (Å²) in [4.78, 5) is 6.75. The maximum atomic E-state index is 6.11. The second-order valence-corrected chi connectivity index (χ2v) is 6.66. The van der Waals surface area contributed by atoms with Crippen molar-refractivity contribution in [2.75, 3.05) is 19.6 Å². The van der Waals surface area contributed by atoms with Crippen LogP contribution in [0.25, 0.3) is 11.0 Å². The Morgan fingerprint density at radius 1 is 1.25 bits per heavy atom. The lowest BCUT2D eigenvalue weighted by molar-refractivity contribution is 0.143. The maximum absolute atomic E-state index is 6.11. The molecular weight excluding hydrogens is 298 g/mol. The van der Waals surface area contributed by atoms with Crippen LogP contribution in [0.5, 0.6) is 0 Å². The van der Waals surface area contributed by atoms with E-state index in [9.17, 15) is 0 Å². The lowest BCUT2D eigenvalue weighted by Crippen LogP contribution is -2.45. The van der Waals surface area contributed by atoms with Crippen molar-refractivity contribution in [1.29, 1.82) is 0 Å². The molecule has 2 aromatic heterocycles. The zero-order chi connectivity index (χ0) is 16.5. The number of aryl methyl sites for hydroxylation is 2. The van der Waals surface area contributed by atoms with E-state index in [4.69, 9.17) is 4.42 Å². The number of rotatable bonds is 3. The fourth-order valence-corrected chi connectivity index (χ4v) is 3.47. The van der Waals surface area contributed by atoms with Crippen molar-refractivity contribution in [3.05, 3.63) is 65.2 Å². The molecule has 1 aliphatic rings. The summed E-state index contributed by atoms with van der Waals surface area (Å²) in [7, 11) is 0. The highest BCUT2D eigenvalue weighted by molar-refractivity contribution is 5.79. The number of pyridine rings is 1. The summed E-state index contributed by atoms with van der Waals surface area (Å²) in [5.74, 6) is 1.03. The fourth-order valence-electron chi connectivity index (χ4n) is 3.47. The third kappa shape index (κ3) is 2.95. The molecule has 1 aliphatic heterocycles. The molecule has 0 saturated carbocycles. The second kappa shape index (κ2) is 6.38. The van der Waals surface area contributed by atoms with Gasteiger partial charge in [-0.25, -0.2) is 0 Å². The molecule has 1 aromatic carbocycles. The van der Waals surface area contributed by atoms with E-state index in [-0.39, 0.29) is 0 Å². The molecule has 1 fully saturated rings. The molecule has 1 N–H and O–H groups in total. The average Bonchev–Trinajstić information content (AvgIpc) is 2.97. The summed E-state index contributed by atoms with van der Waals surface area (Å²) < 4.78 is 6.11. The van der Waals surface area contributed by atoms with E-state index in [1.54, 1.807) is 0 Å². The molecule has 4 rings (SSSR count). The Bertz CT molecular complexity index is 802. The van der Waals surface area contributed by atoms with Gasteiger partial charge in [0.15, 0.2) is 0 Å². The minimum atomic E-state index is 0.337. The van der Waals surface area contributed by atoms with Crippen molar-refractivity contribution in [3.8, 4) is 0 Å². The predicted molar refractivity (Wildman–Crippen MR) is 95.9 cm³/mol. The summed E-state index contributed by atoms with van der Waals surface area (Å²) >= 11 is 0. The zero-order valence-corrected chi connectivity index (χ0v) is 14.2. The van der Waals surface area contributed by atoms with Gasteiger partial charge in [-0.05, 0) is 54.8 Å². The first-order valence-corrected chi connectivity index (χ1v) is 8.55. The van der Waals surface area contributed by atoms with Gasteiger partial charge in [-0.2, -0.15) is 0 Å². The highest BCUT2D eigenvalue weighted by Gasteiger charge is 2.25. The van der Waals surface area contributed by atoms with Crippen LogP contribution in [0.2, 0.25) is 0 Å². The summed E-state index contributed by atoms with van der Waals surface area (Å²) in [5, 5.41) is 4.69. The lowest BCUT2D eigenvalue weighted by atomic mass is 10.1. The van der Waals surface area contributed by atoms with Gasteiger partial charge in [-0.3, -0.25) is 9.88 Å². The van der Waals surface area contributed by atoms with Crippen molar-refractivity contribution in [3.63, 3.8) is 0 Å². The smallest absolute Gasteiger partial charge is 0.134 e. The van der Waals surface area contributed by atoms with Crippen LogP contribution in [-0.4, -0.2) is 29.5 Å². The van der Waals surface area contributed by atoms with Crippen LogP contribution in [0.15, 0.2) is 47.1 Å². The molecule has 4 nitrogen and oxygen atoms in total. The van der Waals surface area contributed by atoms with Gasteiger partial charge in [0.25, 0.3) is 0 Å². The zero-order valence-electron chi connectivity index (χ0n) is 14.2. The highest BCUT2D eigenvalue weighted by Crippen LogP contribution is 2.27. The van der Waals surface area contributed by atoms with Crippen LogP contribution in [-0.2, 0) is 6.54 Å². The van der Waals surface area contributed by atoms with Crippen LogP contribution < -0.4 is 5.32 Å². The first kappa shape index (κ1) is 15.4. The molecule has 4 heteroatoms. The van der Waals surface area contributed by atoms with Crippen molar-refractivity contribution < 1.29 is 4.42 Å². The number of nitrogens with zero attached hydrogens (tertiary/aromatic N) is 2. The van der Waals surface area contributed by atoms with Gasteiger partial charge in [-0.15, -0.1) is 0 Å². The van der Waals surface area contributed by atoms with Crippen LogP contribution in [0, 0.1) is 13.8 Å². The van der Waals surface area contributed by atoms with Crippen LogP contribution >= 0.6 is 0 Å². The largest absolute Gasteiger partial charge is 0.460 e. The fraction of sp³-hybridized carbons (Fsp3) is 0.350. The van der Waals surface area contributed by atoms with Gasteiger partial charge in [0.05, 0.1) is 6.54 Å². The van der Waals surface area contributed by atoms with Crippen molar-refractivity contribution in [1.82, 2.24) is 15.2 Å². The first-order chi connectivity index (χ1) is 11.7. The third-order valence-electron chi connectivity index (χ3n) is 4.97. The Morgan fingerprint density at radius 3 is 2.96 bits per heavy atom. The van der Waals surface area contributed by atoms with Gasteiger partial charge < -0.3 is 9.73 Å². The molecule has 0 amide bonds. The number of hydrogen-bond acceptors (Lipinski definition) is 4. The summed E-state index contributed by atoms with van der Waals surface area (Å²) in [6.07, 6.45) is 3.80. The topological polar surface area (TPSA) is 41.3 Å². The van der Waals surface area contributed by atoms with Crippen molar-refractivity contribution in [2.24, 2.45) is 0 Å². The highest BCUT2D eigenvalue weighted by atomic mass is 16.3. The summed E-state index contributed by atoms with van der Waals surface area (Å²) in [6.45, 7) is 8.07. The third-order valence-corrected chi connectivity index (χ3v) is 4.97. The number of piperazine rings is 1. The van der Waals surface area contributed by atoms with E-state index in [0.29, 0.717) is 6.04 Å². The normalized spacial score (nSPS) is 19.0. The quantitative estimate of drug-likeness (QED) is 0.800. The predicted octanol–water partition coefficient (Wildman–Crippen LogP) is 3.59. The SMILES string of the molecule is Cc1cc2cc(CN3CCNCC3c3cccnc3)oc2cc1C. The van der Waals surface area contributed by atoms with Crippen molar-refractivity contribution in [2.45, 2.75) is 26.4 Å². The van der Waals surface area contributed by atoms with Gasteiger partial charge >= 0.3 is 0 Å². The standard InChI is InChI=1S/C20H23N3O/c1-14-8-17-10-18(24-20(17)9-15(14)2)13-23-7-6-22-12-19(23)16-4-3-5-21-11-16/h3-5,8-11,19,22H,6-7,12-13H2,1-2H3. The Kier molecular flexibility index (Phi) is 4.08. The molecule has 3 aromatic rings. The first-order valence-electron chi connectivity index (χ1n) is 8.55. The number of nitrogens with one attached hydrogen (secondary N) is 1. The van der Waals surface area contributed by atoms with Crippen LogP contribution in [0.3, 0.4) is 0 Å². The molecule has 0 aliphatic carbocycles. The number of furan rings is 1. The van der Waals surface area contributed by atoms with E-state index in [2.05, 4.69) is 53.3 Å². The van der Waals surface area contributed by atoms with E-state index >= 15 is 0 Å². The number of hydrogen-bond donors (Lipinski definition) is 1. The van der Waals surface area contributed by atoms with E-state index in [0.717, 1.165) is 37.5 Å². The van der Waals surface area contributed by atoms with Crippen molar-refractivity contribution >= 4 is 11.0 Å². The molecule has 1 unspecified atom stereocenters. The number of aromatic nitrogens is 1. The van der Waals surface area contributed by atoms with Crippen LogP contribution in [0.1, 0.15) is 28.5 Å². The maximum Gasteiger partial charge on any atom is 0.134 e. The van der Waals surface area contributed by atoms with Gasteiger partial charge in [-0.1, -0.05) is 6.07 Å². The van der Waals surface area contributed by atoms with Gasteiger partial charge in [0.1, 0.15) is 11.3 Å². The minimum Gasteiger partial charge on any atom is -0.460 e. The van der Waals surface area contributed by atoms with E-state index in [1.165, 1.54) is 22.1 Å². The molecule has 0 bridgehead atoms. The Balaban J connectivity index is 1.61. The van der Waals surface area contributed by atoms with Gasteiger partial charge in [0, 0.05) is 43.5 Å². The molecule has 0 spiro atoms. The molecule has 124 valence electrons. The molecule has 1 atom stereocenters. The molecule has 3 heterocycles. The van der Waals surface area contributed by atoms with E-state index < -0.39 is 0 Å². The summed E-state index contributed by atoms with van der Waals surface area (Å²) in [5.41, 5.74) is 4.83. The number of benzene rings is 1. The molecule has 24 heavy (non-hydrogen) atoms. The number of fused-ring (bicyclic) bond motifs is 1. The Labute approximate surface area is 142 Å². The molecule has 0 radical (unpaired) electrons. The van der Waals surface area contributed by atoms with E-state index in [1.807, 2.05) is 18.5 Å². The summed E-state index contributed by atoms with van der Waals surface area (Å²) in [6, 6.07) is 11.0. The second-order valence-electron chi connectivity index (χ2n) is 6.66. The molecule has 1 saturated heterocycles. The Hall–Kier alpha value is -2.17. The van der Waals surface area contributed by atoms with Gasteiger partial charge in [0.2, 0.25) is 0 Å². The van der Waals surface area contributed by atoms with Crippen LogP contribution in [0.4, 0.5) is 0 Å². The average molecular weight is 321 g/mol.